The summed E-state index contributed by atoms with van der Waals surface area (Å²) in [4.78, 5) is 17.7. The highest BCUT2D eigenvalue weighted by atomic mass is 16.6. The summed E-state index contributed by atoms with van der Waals surface area (Å²) >= 11 is 0. The molecule has 1 heterocycles. The molecule has 0 saturated carbocycles. The van der Waals surface area contributed by atoms with Crippen molar-refractivity contribution in [3.63, 3.8) is 0 Å². The van der Waals surface area contributed by atoms with Gasteiger partial charge >= 0.3 is 5.69 Å². The minimum Gasteiger partial charge on any atom is -0.396 e. The largest absolute Gasteiger partial charge is 0.396 e. The lowest BCUT2D eigenvalue weighted by atomic mass is 10.2. The van der Waals surface area contributed by atoms with Crippen LogP contribution in [0.3, 0.4) is 0 Å². The standard InChI is InChI=1S/C8H14N6O3/c1-5(2-3-15)12-7-6(14(16)17)8(13-9)11-4-10-7/h4-5,15H,2-3,9H2,1H3,(H2,10,11,12,13). The summed E-state index contributed by atoms with van der Waals surface area (Å²) < 4.78 is 0. The maximum Gasteiger partial charge on any atom is 0.354 e. The highest BCUT2D eigenvalue weighted by Crippen LogP contribution is 2.28. The second kappa shape index (κ2) is 5.92. The molecule has 0 spiro atoms. The average Bonchev–Trinajstić information content (AvgIpc) is 2.28. The molecule has 1 aromatic heterocycles. The summed E-state index contributed by atoms with van der Waals surface area (Å²) in [6.45, 7) is 1.76. The van der Waals surface area contributed by atoms with E-state index in [0.717, 1.165) is 6.33 Å². The lowest BCUT2D eigenvalue weighted by Crippen LogP contribution is -2.20. The monoisotopic (exact) mass is 242 g/mol. The molecule has 0 radical (unpaired) electrons. The molecule has 0 bridgehead atoms. The van der Waals surface area contributed by atoms with Crippen LogP contribution >= 0.6 is 0 Å². The average molecular weight is 242 g/mol. The second-order valence-corrected chi connectivity index (χ2v) is 3.38. The molecule has 0 fully saturated rings. The van der Waals surface area contributed by atoms with E-state index in [1.807, 2.05) is 0 Å². The molecular formula is C8H14N6O3. The van der Waals surface area contributed by atoms with Crippen LogP contribution in [-0.2, 0) is 0 Å². The van der Waals surface area contributed by atoms with Gasteiger partial charge in [-0.2, -0.15) is 0 Å². The summed E-state index contributed by atoms with van der Waals surface area (Å²) in [5.41, 5.74) is 1.82. The normalized spacial score (nSPS) is 11.9. The number of nitrogens with one attached hydrogen (secondary N) is 2. The first-order valence-corrected chi connectivity index (χ1v) is 4.93. The predicted molar refractivity (Wildman–Crippen MR) is 61.3 cm³/mol. The van der Waals surface area contributed by atoms with E-state index in [0.29, 0.717) is 6.42 Å². The first-order valence-electron chi connectivity index (χ1n) is 4.93. The lowest BCUT2D eigenvalue weighted by Gasteiger charge is -2.13. The van der Waals surface area contributed by atoms with Crippen LogP contribution in [0.1, 0.15) is 13.3 Å². The Hall–Kier alpha value is -2.00. The summed E-state index contributed by atoms with van der Waals surface area (Å²) in [6.07, 6.45) is 1.61. The smallest absolute Gasteiger partial charge is 0.354 e. The highest BCUT2D eigenvalue weighted by Gasteiger charge is 2.23. The zero-order chi connectivity index (χ0) is 12.8. The Labute approximate surface area is 97.2 Å². The van der Waals surface area contributed by atoms with Gasteiger partial charge in [0, 0.05) is 12.6 Å². The van der Waals surface area contributed by atoms with Gasteiger partial charge in [0.25, 0.3) is 0 Å². The Kier molecular flexibility index (Phi) is 4.55. The molecular weight excluding hydrogens is 228 g/mol. The van der Waals surface area contributed by atoms with Crippen LogP contribution in [0.15, 0.2) is 6.33 Å². The number of nitrogens with two attached hydrogens (primary N) is 1. The van der Waals surface area contributed by atoms with Gasteiger partial charge in [-0.25, -0.2) is 15.8 Å². The number of rotatable bonds is 6. The molecule has 1 aromatic rings. The van der Waals surface area contributed by atoms with Crippen LogP contribution < -0.4 is 16.6 Å². The van der Waals surface area contributed by atoms with Gasteiger partial charge in [0.05, 0.1) is 4.92 Å². The highest BCUT2D eigenvalue weighted by molar-refractivity contribution is 5.68. The van der Waals surface area contributed by atoms with Gasteiger partial charge in [-0.1, -0.05) is 0 Å². The van der Waals surface area contributed by atoms with Crippen molar-refractivity contribution >= 4 is 17.3 Å². The zero-order valence-electron chi connectivity index (χ0n) is 9.25. The number of nitrogens with zero attached hydrogens (tertiary/aromatic N) is 3. The molecule has 0 amide bonds. The molecule has 9 nitrogen and oxygen atoms in total. The van der Waals surface area contributed by atoms with Crippen LogP contribution in [0.5, 0.6) is 0 Å². The Bertz CT molecular complexity index is 399. The van der Waals surface area contributed by atoms with Crippen LogP contribution in [0.4, 0.5) is 17.3 Å². The number of hydrazine groups is 1. The number of nitro groups is 1. The van der Waals surface area contributed by atoms with Gasteiger partial charge in [0.1, 0.15) is 6.33 Å². The first kappa shape index (κ1) is 13.1. The molecule has 0 aliphatic rings. The topological polar surface area (TPSA) is 139 Å². The second-order valence-electron chi connectivity index (χ2n) is 3.38. The van der Waals surface area contributed by atoms with E-state index in [9.17, 15) is 10.1 Å². The molecule has 94 valence electrons. The fourth-order valence-corrected chi connectivity index (χ4v) is 1.26. The molecule has 0 aliphatic heterocycles. The van der Waals surface area contributed by atoms with E-state index in [1.165, 1.54) is 0 Å². The molecule has 0 aromatic carbocycles. The van der Waals surface area contributed by atoms with Crippen LogP contribution in [-0.4, -0.2) is 32.6 Å². The molecule has 0 aliphatic carbocycles. The fourth-order valence-electron chi connectivity index (χ4n) is 1.26. The van der Waals surface area contributed by atoms with Crippen LogP contribution in [0.2, 0.25) is 0 Å². The van der Waals surface area contributed by atoms with Crippen molar-refractivity contribution in [2.24, 2.45) is 5.84 Å². The molecule has 17 heavy (non-hydrogen) atoms. The molecule has 1 unspecified atom stereocenters. The van der Waals surface area contributed by atoms with E-state index in [-0.39, 0.29) is 30.0 Å². The minimum atomic E-state index is -0.622. The Morgan fingerprint density at radius 3 is 2.76 bits per heavy atom. The van der Waals surface area contributed by atoms with Gasteiger partial charge < -0.3 is 15.8 Å². The minimum absolute atomic E-state index is 0.0188. The van der Waals surface area contributed by atoms with Gasteiger partial charge in [-0.3, -0.25) is 10.1 Å². The predicted octanol–water partition coefficient (Wildman–Crippen LogP) is -0.147. The number of aliphatic hydroxyl groups excluding tert-OH is 1. The van der Waals surface area contributed by atoms with Gasteiger partial charge in [0.2, 0.25) is 11.6 Å². The molecule has 5 N–H and O–H groups in total. The number of hydrogen-bond donors (Lipinski definition) is 4. The van der Waals surface area contributed by atoms with Crippen LogP contribution in [0, 0.1) is 10.1 Å². The quantitative estimate of drug-likeness (QED) is 0.307. The SMILES string of the molecule is CC(CCO)Nc1ncnc(NN)c1[N+](=O)[O-]. The number of anilines is 2. The molecule has 1 rings (SSSR count). The molecule has 9 heteroatoms. The third kappa shape index (κ3) is 3.23. The van der Waals surface area contributed by atoms with Crippen molar-refractivity contribution in [3.8, 4) is 0 Å². The summed E-state index contributed by atoms with van der Waals surface area (Å²) in [5.74, 6) is 5.14. The van der Waals surface area contributed by atoms with Gasteiger partial charge in [0.15, 0.2) is 0 Å². The van der Waals surface area contributed by atoms with E-state index < -0.39 is 4.92 Å². The Balaban J connectivity index is 3.02. The van der Waals surface area contributed by atoms with Crippen molar-refractivity contribution < 1.29 is 10.0 Å². The van der Waals surface area contributed by atoms with E-state index in [2.05, 4.69) is 20.7 Å². The van der Waals surface area contributed by atoms with Crippen molar-refractivity contribution in [1.82, 2.24) is 9.97 Å². The third-order valence-corrected chi connectivity index (χ3v) is 2.09. The number of aliphatic hydroxyl groups is 1. The lowest BCUT2D eigenvalue weighted by molar-refractivity contribution is -0.383. The molecule has 1 atom stereocenters. The zero-order valence-corrected chi connectivity index (χ0v) is 9.25. The summed E-state index contributed by atoms with van der Waals surface area (Å²) in [5, 5.41) is 22.5. The van der Waals surface area contributed by atoms with E-state index in [1.54, 1.807) is 6.92 Å². The van der Waals surface area contributed by atoms with Crippen molar-refractivity contribution in [2.45, 2.75) is 19.4 Å². The number of aromatic nitrogens is 2. The first-order chi connectivity index (χ1) is 8.10. The number of nitrogen functional groups attached to an aromatic ring is 1. The summed E-state index contributed by atoms with van der Waals surface area (Å²) in [7, 11) is 0. The van der Waals surface area contributed by atoms with Crippen molar-refractivity contribution in [1.29, 1.82) is 0 Å². The fraction of sp³-hybridized carbons (Fsp3) is 0.500. The van der Waals surface area contributed by atoms with E-state index in [4.69, 9.17) is 10.9 Å². The molecule has 0 saturated heterocycles. The van der Waals surface area contributed by atoms with Crippen molar-refractivity contribution in [3.05, 3.63) is 16.4 Å². The van der Waals surface area contributed by atoms with Crippen LogP contribution in [0.25, 0.3) is 0 Å². The summed E-state index contributed by atoms with van der Waals surface area (Å²) in [6, 6.07) is -0.153. The van der Waals surface area contributed by atoms with Gasteiger partial charge in [-0.05, 0) is 13.3 Å². The third-order valence-electron chi connectivity index (χ3n) is 2.09. The maximum atomic E-state index is 10.9. The van der Waals surface area contributed by atoms with Crippen molar-refractivity contribution in [2.75, 3.05) is 17.3 Å². The maximum absolute atomic E-state index is 10.9. The number of hydrogen-bond acceptors (Lipinski definition) is 8. The van der Waals surface area contributed by atoms with Gasteiger partial charge in [-0.15, -0.1) is 0 Å². The Morgan fingerprint density at radius 1 is 1.59 bits per heavy atom. The van der Waals surface area contributed by atoms with E-state index >= 15 is 0 Å². The Morgan fingerprint density at radius 2 is 2.24 bits per heavy atom.